The summed E-state index contributed by atoms with van der Waals surface area (Å²) in [6, 6.07) is 8.68. The molecule has 1 aromatic carbocycles. The summed E-state index contributed by atoms with van der Waals surface area (Å²) in [5, 5.41) is 0. The first-order valence-corrected chi connectivity index (χ1v) is 7.85. The maximum atomic E-state index is 5.87. The maximum Gasteiger partial charge on any atom is 0.123 e. The van der Waals surface area contributed by atoms with Crippen molar-refractivity contribution in [3.63, 3.8) is 0 Å². The van der Waals surface area contributed by atoms with Gasteiger partial charge in [-0.2, -0.15) is 0 Å². The fourth-order valence-electron chi connectivity index (χ4n) is 2.46. The SMILES string of the molecule is CC(C)N(CCCOc1ccccc1CN)CC1CC1. The van der Waals surface area contributed by atoms with E-state index in [2.05, 4.69) is 18.7 Å². The van der Waals surface area contributed by atoms with Crippen LogP contribution in [0.1, 0.15) is 38.7 Å². The Hall–Kier alpha value is -1.06. The zero-order chi connectivity index (χ0) is 14.4. The van der Waals surface area contributed by atoms with Gasteiger partial charge < -0.3 is 15.4 Å². The molecule has 0 bridgehead atoms. The molecule has 3 heteroatoms. The van der Waals surface area contributed by atoms with Crippen LogP contribution >= 0.6 is 0 Å². The topological polar surface area (TPSA) is 38.5 Å². The highest BCUT2D eigenvalue weighted by molar-refractivity contribution is 5.32. The van der Waals surface area contributed by atoms with Gasteiger partial charge in [0, 0.05) is 31.2 Å². The molecule has 2 rings (SSSR count). The van der Waals surface area contributed by atoms with E-state index < -0.39 is 0 Å². The first kappa shape index (κ1) is 15.3. The molecule has 2 N–H and O–H groups in total. The first-order valence-electron chi connectivity index (χ1n) is 7.85. The molecule has 1 aliphatic rings. The van der Waals surface area contributed by atoms with E-state index in [9.17, 15) is 0 Å². The summed E-state index contributed by atoms with van der Waals surface area (Å²) in [5.74, 6) is 1.89. The van der Waals surface area contributed by atoms with E-state index in [0.717, 1.165) is 36.8 Å². The molecule has 1 aromatic rings. The zero-order valence-corrected chi connectivity index (χ0v) is 12.8. The van der Waals surface area contributed by atoms with Gasteiger partial charge in [0.1, 0.15) is 5.75 Å². The molecule has 1 fully saturated rings. The molecule has 20 heavy (non-hydrogen) atoms. The fraction of sp³-hybridized carbons (Fsp3) is 0.647. The molecular weight excluding hydrogens is 248 g/mol. The summed E-state index contributed by atoms with van der Waals surface area (Å²) < 4.78 is 5.87. The summed E-state index contributed by atoms with van der Waals surface area (Å²) in [7, 11) is 0. The Morgan fingerprint density at radius 3 is 2.70 bits per heavy atom. The molecule has 0 radical (unpaired) electrons. The van der Waals surface area contributed by atoms with Gasteiger partial charge in [-0.3, -0.25) is 0 Å². The van der Waals surface area contributed by atoms with Crippen LogP contribution in [0.2, 0.25) is 0 Å². The number of para-hydroxylation sites is 1. The molecule has 0 heterocycles. The molecule has 3 nitrogen and oxygen atoms in total. The minimum atomic E-state index is 0.538. The molecule has 112 valence electrons. The van der Waals surface area contributed by atoms with Crippen molar-refractivity contribution in [2.45, 2.75) is 45.7 Å². The van der Waals surface area contributed by atoms with Gasteiger partial charge in [-0.05, 0) is 45.1 Å². The van der Waals surface area contributed by atoms with Crippen molar-refractivity contribution in [1.82, 2.24) is 4.90 Å². The summed E-state index contributed by atoms with van der Waals surface area (Å²) >= 11 is 0. The van der Waals surface area contributed by atoms with Gasteiger partial charge in [-0.1, -0.05) is 18.2 Å². The van der Waals surface area contributed by atoms with Crippen LogP contribution in [-0.2, 0) is 6.54 Å². The largest absolute Gasteiger partial charge is 0.493 e. The normalized spacial score (nSPS) is 15.1. The van der Waals surface area contributed by atoms with E-state index in [0.29, 0.717) is 12.6 Å². The van der Waals surface area contributed by atoms with Crippen LogP contribution in [-0.4, -0.2) is 30.6 Å². The van der Waals surface area contributed by atoms with Crippen molar-refractivity contribution in [2.75, 3.05) is 19.7 Å². The molecule has 0 amide bonds. The summed E-state index contributed by atoms with van der Waals surface area (Å²) in [6.45, 7) is 8.26. The van der Waals surface area contributed by atoms with Crippen LogP contribution in [0.3, 0.4) is 0 Å². The third-order valence-electron chi connectivity index (χ3n) is 3.96. The second-order valence-electron chi connectivity index (χ2n) is 6.05. The van der Waals surface area contributed by atoms with E-state index in [1.807, 2.05) is 24.3 Å². The average molecular weight is 276 g/mol. The van der Waals surface area contributed by atoms with Gasteiger partial charge in [0.05, 0.1) is 6.61 Å². The summed E-state index contributed by atoms with van der Waals surface area (Å²) in [6.07, 6.45) is 3.91. The molecule has 0 atom stereocenters. The lowest BCUT2D eigenvalue weighted by Crippen LogP contribution is -2.34. The van der Waals surface area contributed by atoms with Crippen LogP contribution in [0.25, 0.3) is 0 Å². The minimum Gasteiger partial charge on any atom is -0.493 e. The Balaban J connectivity index is 1.71. The third kappa shape index (κ3) is 4.80. The second kappa shape index (κ2) is 7.65. The molecule has 0 unspecified atom stereocenters. The first-order chi connectivity index (χ1) is 9.70. The van der Waals surface area contributed by atoms with Crippen molar-refractivity contribution >= 4 is 0 Å². The Kier molecular flexibility index (Phi) is 5.86. The Bertz CT molecular complexity index is 402. The third-order valence-corrected chi connectivity index (χ3v) is 3.96. The van der Waals surface area contributed by atoms with Crippen molar-refractivity contribution in [3.05, 3.63) is 29.8 Å². The molecule has 1 aliphatic carbocycles. The molecule has 0 spiro atoms. The Labute approximate surface area is 123 Å². The second-order valence-corrected chi connectivity index (χ2v) is 6.05. The van der Waals surface area contributed by atoms with Crippen LogP contribution in [0.5, 0.6) is 5.75 Å². The van der Waals surface area contributed by atoms with Crippen molar-refractivity contribution in [3.8, 4) is 5.75 Å². The average Bonchev–Trinajstić information content (AvgIpc) is 3.26. The van der Waals surface area contributed by atoms with Gasteiger partial charge in [-0.25, -0.2) is 0 Å². The number of rotatable bonds is 9. The van der Waals surface area contributed by atoms with Crippen LogP contribution in [0, 0.1) is 5.92 Å². The minimum absolute atomic E-state index is 0.538. The maximum absolute atomic E-state index is 5.87. The number of hydrogen-bond acceptors (Lipinski definition) is 3. The molecule has 0 saturated heterocycles. The lowest BCUT2D eigenvalue weighted by molar-refractivity contribution is 0.190. The lowest BCUT2D eigenvalue weighted by Gasteiger charge is -2.26. The predicted octanol–water partition coefficient (Wildman–Crippen LogP) is 3.03. The van der Waals surface area contributed by atoms with E-state index in [4.69, 9.17) is 10.5 Å². The number of benzene rings is 1. The highest BCUT2D eigenvalue weighted by atomic mass is 16.5. The van der Waals surface area contributed by atoms with E-state index in [1.165, 1.54) is 19.4 Å². The fourth-order valence-corrected chi connectivity index (χ4v) is 2.46. The highest BCUT2D eigenvalue weighted by Gasteiger charge is 2.25. The van der Waals surface area contributed by atoms with Gasteiger partial charge in [0.15, 0.2) is 0 Å². The number of ether oxygens (including phenoxy) is 1. The molecule has 1 saturated carbocycles. The Morgan fingerprint density at radius 1 is 1.30 bits per heavy atom. The smallest absolute Gasteiger partial charge is 0.123 e. The zero-order valence-electron chi connectivity index (χ0n) is 12.8. The van der Waals surface area contributed by atoms with Gasteiger partial charge in [0.25, 0.3) is 0 Å². The van der Waals surface area contributed by atoms with E-state index in [-0.39, 0.29) is 0 Å². The standard InChI is InChI=1S/C17H28N2O/c1-14(2)19(13-15-8-9-15)10-5-11-20-17-7-4-3-6-16(17)12-18/h3-4,6-7,14-15H,5,8-13,18H2,1-2H3. The van der Waals surface area contributed by atoms with Crippen LogP contribution in [0.4, 0.5) is 0 Å². The quantitative estimate of drug-likeness (QED) is 0.705. The van der Waals surface area contributed by atoms with Crippen LogP contribution < -0.4 is 10.5 Å². The van der Waals surface area contributed by atoms with E-state index in [1.54, 1.807) is 0 Å². The van der Waals surface area contributed by atoms with Crippen LogP contribution in [0.15, 0.2) is 24.3 Å². The Morgan fingerprint density at radius 2 is 2.05 bits per heavy atom. The molecule has 0 aromatic heterocycles. The lowest BCUT2D eigenvalue weighted by atomic mass is 10.2. The van der Waals surface area contributed by atoms with Crippen molar-refractivity contribution < 1.29 is 4.74 Å². The number of nitrogens with two attached hydrogens (primary N) is 1. The number of nitrogens with zero attached hydrogens (tertiary/aromatic N) is 1. The molecule has 0 aliphatic heterocycles. The molecular formula is C17H28N2O. The monoisotopic (exact) mass is 276 g/mol. The highest BCUT2D eigenvalue weighted by Crippen LogP contribution is 2.30. The van der Waals surface area contributed by atoms with Gasteiger partial charge in [-0.15, -0.1) is 0 Å². The summed E-state index contributed by atoms with van der Waals surface area (Å²) in [5.41, 5.74) is 6.81. The van der Waals surface area contributed by atoms with E-state index >= 15 is 0 Å². The van der Waals surface area contributed by atoms with Gasteiger partial charge in [0.2, 0.25) is 0 Å². The number of hydrogen-bond donors (Lipinski definition) is 1. The summed E-state index contributed by atoms with van der Waals surface area (Å²) in [4.78, 5) is 2.58. The van der Waals surface area contributed by atoms with Crippen molar-refractivity contribution in [2.24, 2.45) is 11.7 Å². The predicted molar refractivity (Wildman–Crippen MR) is 83.9 cm³/mol. The van der Waals surface area contributed by atoms with Crippen molar-refractivity contribution in [1.29, 1.82) is 0 Å². The van der Waals surface area contributed by atoms with Gasteiger partial charge >= 0.3 is 0 Å².